The number of aliphatic imine (C=N–C) groups is 2. The predicted octanol–water partition coefficient (Wildman–Crippen LogP) is 12.1. The van der Waals surface area contributed by atoms with Crippen molar-refractivity contribution in [3.05, 3.63) is 58.7 Å². The molecule has 0 amide bonds. The third kappa shape index (κ3) is 15.3. The second-order valence-electron chi connectivity index (χ2n) is 13.9. The smallest absolute Gasteiger partial charge is 0.124 e. The summed E-state index contributed by atoms with van der Waals surface area (Å²) in [4.78, 5) is 9.93. The summed E-state index contributed by atoms with van der Waals surface area (Å²) in [7, 11) is 0. The monoisotopic (exact) mass is 631 g/mol. The summed E-state index contributed by atoms with van der Waals surface area (Å²) in [5.41, 5.74) is 4.17. The van der Waals surface area contributed by atoms with Gasteiger partial charge in [-0.05, 0) is 73.9 Å². The number of aryl methyl sites for hydroxylation is 2. The van der Waals surface area contributed by atoms with Crippen LogP contribution in [-0.2, 0) is 12.8 Å². The van der Waals surface area contributed by atoms with Gasteiger partial charge in [0.25, 0.3) is 0 Å². The summed E-state index contributed by atoms with van der Waals surface area (Å²) in [6.45, 7) is 4.55. The fourth-order valence-electron chi connectivity index (χ4n) is 6.80. The summed E-state index contributed by atoms with van der Waals surface area (Å²) in [6.07, 6.45) is 34.1. The zero-order valence-electron chi connectivity index (χ0n) is 29.5. The molecule has 4 nitrogen and oxygen atoms in total. The van der Waals surface area contributed by atoms with Crippen LogP contribution in [0.4, 0.5) is 0 Å². The molecule has 0 radical (unpaired) electrons. The van der Waals surface area contributed by atoms with E-state index in [1.165, 1.54) is 127 Å². The maximum atomic E-state index is 10.6. The number of hydrogen-bond donors (Lipinski definition) is 2. The molecule has 0 aromatic heterocycles. The molecule has 1 fully saturated rings. The van der Waals surface area contributed by atoms with Gasteiger partial charge in [-0.3, -0.25) is 9.98 Å². The molecule has 2 N–H and O–H groups in total. The van der Waals surface area contributed by atoms with Gasteiger partial charge in [-0.2, -0.15) is 0 Å². The third-order valence-corrected chi connectivity index (χ3v) is 9.83. The van der Waals surface area contributed by atoms with Gasteiger partial charge in [-0.15, -0.1) is 0 Å². The van der Waals surface area contributed by atoms with Crippen molar-refractivity contribution in [2.75, 3.05) is 0 Å². The van der Waals surface area contributed by atoms with E-state index in [0.29, 0.717) is 11.5 Å². The Morgan fingerprint density at radius 3 is 1.24 bits per heavy atom. The maximum Gasteiger partial charge on any atom is 0.124 e. The fourth-order valence-corrected chi connectivity index (χ4v) is 6.80. The number of rotatable bonds is 24. The van der Waals surface area contributed by atoms with Gasteiger partial charge in [0.15, 0.2) is 0 Å². The van der Waals surface area contributed by atoms with Crippen molar-refractivity contribution in [3.8, 4) is 11.5 Å². The van der Waals surface area contributed by atoms with E-state index in [4.69, 9.17) is 9.98 Å². The lowest BCUT2D eigenvalue weighted by Crippen LogP contribution is -2.27. The molecule has 2 aromatic carbocycles. The van der Waals surface area contributed by atoms with Crippen molar-refractivity contribution in [2.45, 2.75) is 180 Å². The minimum Gasteiger partial charge on any atom is -0.507 e. The zero-order chi connectivity index (χ0) is 32.7. The lowest BCUT2D eigenvalue weighted by molar-refractivity contribution is 0.390. The van der Waals surface area contributed by atoms with Crippen molar-refractivity contribution >= 4 is 12.4 Å². The molecule has 3 rings (SSSR count). The minimum absolute atomic E-state index is 0.0951. The summed E-state index contributed by atoms with van der Waals surface area (Å²) < 4.78 is 0. The molecular weight excluding hydrogens is 564 g/mol. The summed E-state index contributed by atoms with van der Waals surface area (Å²) in [6, 6.07) is 12.2. The quantitative estimate of drug-likeness (QED) is 0.0895. The number of phenolic OH excluding ortho intramolecular Hbond substituents is 2. The van der Waals surface area contributed by atoms with Crippen LogP contribution in [0.5, 0.6) is 11.5 Å². The van der Waals surface area contributed by atoms with E-state index < -0.39 is 0 Å². The van der Waals surface area contributed by atoms with E-state index in [-0.39, 0.29) is 12.1 Å². The molecule has 0 spiro atoms. The number of phenols is 2. The van der Waals surface area contributed by atoms with Gasteiger partial charge in [0.05, 0.1) is 12.1 Å². The first-order valence-corrected chi connectivity index (χ1v) is 19.3. The lowest BCUT2D eigenvalue weighted by Gasteiger charge is -2.25. The summed E-state index contributed by atoms with van der Waals surface area (Å²) in [5, 5.41) is 21.1. The van der Waals surface area contributed by atoms with Crippen molar-refractivity contribution < 1.29 is 10.2 Å². The van der Waals surface area contributed by atoms with Gasteiger partial charge in [-0.1, -0.05) is 142 Å². The minimum atomic E-state index is 0.0951. The molecule has 0 unspecified atom stereocenters. The van der Waals surface area contributed by atoms with Gasteiger partial charge in [0.2, 0.25) is 0 Å². The molecule has 0 bridgehead atoms. The molecule has 1 saturated carbocycles. The van der Waals surface area contributed by atoms with E-state index in [2.05, 4.69) is 38.1 Å². The number of aromatic hydroxyl groups is 2. The first-order chi connectivity index (χ1) is 22.6. The Bertz CT molecular complexity index is 1140. The molecule has 4 heteroatoms. The van der Waals surface area contributed by atoms with E-state index in [9.17, 15) is 10.2 Å². The van der Waals surface area contributed by atoms with Gasteiger partial charge >= 0.3 is 0 Å². The number of benzene rings is 2. The molecule has 2 atom stereocenters. The highest BCUT2D eigenvalue weighted by Crippen LogP contribution is 2.26. The SMILES string of the molecule is CCCCCCCCCCCCc1ccc(O)c(C=N[C@@H]2CCCC[C@H]2N=Cc2cc(CCCCCCCCCC)ccc2O)c1. The molecule has 1 aliphatic carbocycles. The molecule has 0 aliphatic heterocycles. The number of hydrogen-bond acceptors (Lipinski definition) is 4. The van der Waals surface area contributed by atoms with Crippen LogP contribution in [0, 0.1) is 0 Å². The van der Waals surface area contributed by atoms with Gasteiger partial charge < -0.3 is 10.2 Å². The number of nitrogens with zero attached hydrogens (tertiary/aromatic N) is 2. The van der Waals surface area contributed by atoms with Crippen molar-refractivity contribution in [3.63, 3.8) is 0 Å². The Hall–Kier alpha value is -2.62. The van der Waals surface area contributed by atoms with Crippen LogP contribution in [0.15, 0.2) is 46.4 Å². The normalized spacial score (nSPS) is 17.0. The van der Waals surface area contributed by atoms with Crippen molar-refractivity contribution in [1.82, 2.24) is 0 Å². The number of unbranched alkanes of at least 4 members (excludes halogenated alkanes) is 16. The van der Waals surface area contributed by atoms with Crippen LogP contribution in [0.25, 0.3) is 0 Å². The maximum absolute atomic E-state index is 10.6. The largest absolute Gasteiger partial charge is 0.507 e. The fraction of sp³-hybridized carbons (Fsp3) is 0.667. The molecule has 1 aliphatic rings. The average molecular weight is 631 g/mol. The van der Waals surface area contributed by atoms with Crippen LogP contribution < -0.4 is 0 Å². The Morgan fingerprint density at radius 2 is 0.870 bits per heavy atom. The van der Waals surface area contributed by atoms with E-state index in [1.807, 2.05) is 24.6 Å². The van der Waals surface area contributed by atoms with Crippen LogP contribution in [0.1, 0.15) is 177 Å². The van der Waals surface area contributed by atoms with Crippen LogP contribution in [-0.4, -0.2) is 34.7 Å². The second-order valence-corrected chi connectivity index (χ2v) is 13.9. The third-order valence-electron chi connectivity index (χ3n) is 9.83. The van der Waals surface area contributed by atoms with Crippen LogP contribution in [0.2, 0.25) is 0 Å². The van der Waals surface area contributed by atoms with E-state index in [1.54, 1.807) is 0 Å². The standard InChI is InChI=1S/C42H66N2O2/c1-3-5-7-9-11-13-14-16-18-20-24-36-28-30-42(46)38(32-36)34-44-40-26-22-21-25-39(40)43-33-37-31-35(27-29-41(37)45)23-19-17-15-12-10-8-6-4-2/h27-34,39-40,45-46H,3-26H2,1-2H3/t39-,40-/m1/s1. The Balaban J connectivity index is 1.47. The van der Waals surface area contributed by atoms with Crippen LogP contribution >= 0.6 is 0 Å². The molecule has 46 heavy (non-hydrogen) atoms. The highest BCUT2D eigenvalue weighted by molar-refractivity contribution is 5.84. The molecule has 0 saturated heterocycles. The average Bonchev–Trinajstić information content (AvgIpc) is 3.07. The second kappa shape index (κ2) is 23.7. The summed E-state index contributed by atoms with van der Waals surface area (Å²) >= 11 is 0. The van der Waals surface area contributed by atoms with Gasteiger partial charge in [0, 0.05) is 23.6 Å². The zero-order valence-corrected chi connectivity index (χ0v) is 29.5. The predicted molar refractivity (Wildman–Crippen MR) is 199 cm³/mol. The molecule has 256 valence electrons. The van der Waals surface area contributed by atoms with Crippen molar-refractivity contribution in [2.24, 2.45) is 9.98 Å². The topological polar surface area (TPSA) is 65.2 Å². The van der Waals surface area contributed by atoms with Gasteiger partial charge in [-0.25, -0.2) is 0 Å². The van der Waals surface area contributed by atoms with E-state index in [0.717, 1.165) is 49.7 Å². The van der Waals surface area contributed by atoms with Crippen LogP contribution in [0.3, 0.4) is 0 Å². The van der Waals surface area contributed by atoms with Gasteiger partial charge in [0.1, 0.15) is 11.5 Å². The Morgan fingerprint density at radius 1 is 0.522 bits per heavy atom. The lowest BCUT2D eigenvalue weighted by atomic mass is 9.91. The summed E-state index contributed by atoms with van der Waals surface area (Å²) in [5.74, 6) is 0.591. The Kier molecular flexibility index (Phi) is 19.5. The molecular formula is C42H66N2O2. The highest BCUT2D eigenvalue weighted by atomic mass is 16.3. The van der Waals surface area contributed by atoms with Crippen molar-refractivity contribution in [1.29, 1.82) is 0 Å². The first-order valence-electron chi connectivity index (χ1n) is 19.3. The Labute approximate surface area is 282 Å². The first kappa shape index (κ1) is 37.8. The highest BCUT2D eigenvalue weighted by Gasteiger charge is 2.23. The molecule has 0 heterocycles. The molecule has 2 aromatic rings. The van der Waals surface area contributed by atoms with E-state index >= 15 is 0 Å².